The Hall–Kier alpha value is -3.02. The summed E-state index contributed by atoms with van der Waals surface area (Å²) < 4.78 is 65.4. The summed E-state index contributed by atoms with van der Waals surface area (Å²) in [5.41, 5.74) is 0.774. The Morgan fingerprint density at radius 2 is 1.62 bits per heavy atom. The number of nitrogens with one attached hydrogen (secondary N) is 2. The van der Waals surface area contributed by atoms with E-state index in [0.29, 0.717) is 30.0 Å². The monoisotopic (exact) mass is 465 g/mol. The first-order chi connectivity index (χ1) is 15.0. The Morgan fingerprint density at radius 3 is 2.22 bits per heavy atom. The molecule has 0 unspecified atom stereocenters. The van der Waals surface area contributed by atoms with Crippen molar-refractivity contribution in [1.82, 2.24) is 19.6 Å². The molecule has 0 amide bonds. The molecular weight excluding hydrogens is 443 g/mol. The molecule has 0 aliphatic heterocycles. The van der Waals surface area contributed by atoms with E-state index in [0.717, 1.165) is 12.1 Å². The summed E-state index contributed by atoms with van der Waals surface area (Å²) in [4.78, 5) is 10.4. The molecule has 2 aromatic carbocycles. The molecule has 0 spiro atoms. The molecule has 0 aliphatic carbocycles. The normalized spacial score (nSPS) is 12.2. The highest BCUT2D eigenvalue weighted by molar-refractivity contribution is 7.89. The number of benzene rings is 2. The zero-order valence-electron chi connectivity index (χ0n) is 17.4. The van der Waals surface area contributed by atoms with Crippen LogP contribution in [-0.4, -0.2) is 50.5 Å². The SMILES string of the molecule is CN(C)CCNS(=O)(=O)c1ccc(Nc2nccc(-c3ccc(C(F)(F)F)cc3)n2)cc1. The lowest BCUT2D eigenvalue weighted by molar-refractivity contribution is -0.137. The molecule has 7 nitrogen and oxygen atoms in total. The average molecular weight is 466 g/mol. The summed E-state index contributed by atoms with van der Waals surface area (Å²) in [6.45, 7) is 0.866. The van der Waals surface area contributed by atoms with E-state index >= 15 is 0 Å². The third-order valence-electron chi connectivity index (χ3n) is 4.44. The van der Waals surface area contributed by atoms with E-state index in [9.17, 15) is 21.6 Å². The number of aromatic nitrogens is 2. The van der Waals surface area contributed by atoms with Gasteiger partial charge in [0.1, 0.15) is 0 Å². The van der Waals surface area contributed by atoms with Gasteiger partial charge in [-0.05, 0) is 56.6 Å². The van der Waals surface area contributed by atoms with E-state index in [2.05, 4.69) is 20.0 Å². The minimum Gasteiger partial charge on any atom is -0.324 e. The van der Waals surface area contributed by atoms with Crippen LogP contribution in [0, 0.1) is 0 Å². The van der Waals surface area contributed by atoms with E-state index in [1.807, 2.05) is 19.0 Å². The second-order valence-electron chi connectivity index (χ2n) is 7.19. The van der Waals surface area contributed by atoms with Crippen LogP contribution in [0.1, 0.15) is 5.56 Å². The Morgan fingerprint density at radius 1 is 0.969 bits per heavy atom. The number of rotatable bonds is 8. The van der Waals surface area contributed by atoms with Crippen LogP contribution >= 0.6 is 0 Å². The van der Waals surface area contributed by atoms with Crippen LogP contribution in [0.2, 0.25) is 0 Å². The third-order valence-corrected chi connectivity index (χ3v) is 5.91. The van der Waals surface area contributed by atoms with Crippen molar-refractivity contribution in [2.24, 2.45) is 0 Å². The van der Waals surface area contributed by atoms with Gasteiger partial charge in [0, 0.05) is 30.5 Å². The standard InChI is InChI=1S/C21H22F3N5O2S/c1-29(2)14-13-26-32(30,31)18-9-7-17(8-10-18)27-20-25-12-11-19(28-20)15-3-5-16(6-4-15)21(22,23)24/h3-12,26H,13-14H2,1-2H3,(H,25,27,28). The predicted molar refractivity (Wildman–Crippen MR) is 116 cm³/mol. The molecule has 11 heteroatoms. The van der Waals surface area contributed by atoms with E-state index < -0.39 is 21.8 Å². The Balaban J connectivity index is 1.70. The maximum Gasteiger partial charge on any atom is 0.416 e. The molecule has 0 atom stereocenters. The quantitative estimate of drug-likeness (QED) is 0.527. The number of hydrogen-bond acceptors (Lipinski definition) is 6. The lowest BCUT2D eigenvalue weighted by Gasteiger charge is -2.11. The van der Waals surface area contributed by atoms with Gasteiger partial charge in [0.05, 0.1) is 16.2 Å². The molecule has 0 saturated carbocycles. The van der Waals surface area contributed by atoms with Crippen molar-refractivity contribution >= 4 is 21.7 Å². The Bertz CT molecular complexity index is 1150. The molecule has 3 rings (SSSR count). The minimum atomic E-state index is -4.40. The average Bonchev–Trinajstić information content (AvgIpc) is 2.73. The number of hydrogen-bond donors (Lipinski definition) is 2. The summed E-state index contributed by atoms with van der Waals surface area (Å²) in [6.07, 6.45) is -2.92. The van der Waals surface area contributed by atoms with Gasteiger partial charge in [-0.2, -0.15) is 13.2 Å². The molecule has 1 heterocycles. The molecule has 0 bridgehead atoms. The second-order valence-corrected chi connectivity index (χ2v) is 8.96. The smallest absolute Gasteiger partial charge is 0.324 e. The number of nitrogens with zero attached hydrogens (tertiary/aromatic N) is 3. The Labute approximate surface area is 184 Å². The number of halogens is 3. The Kier molecular flexibility index (Phi) is 7.12. The highest BCUT2D eigenvalue weighted by atomic mass is 32.2. The summed E-state index contributed by atoms with van der Waals surface area (Å²) in [5.74, 6) is 0.224. The van der Waals surface area contributed by atoms with Gasteiger partial charge in [-0.1, -0.05) is 12.1 Å². The van der Waals surface area contributed by atoms with Gasteiger partial charge >= 0.3 is 6.18 Å². The molecule has 0 saturated heterocycles. The van der Waals surface area contributed by atoms with E-state index in [-0.39, 0.29) is 10.8 Å². The molecule has 170 valence electrons. The first-order valence-corrected chi connectivity index (χ1v) is 11.0. The van der Waals surface area contributed by atoms with Crippen LogP contribution in [-0.2, 0) is 16.2 Å². The first kappa shape index (κ1) is 23.6. The predicted octanol–water partition coefficient (Wildman–Crippen LogP) is 3.75. The van der Waals surface area contributed by atoms with E-state index in [1.165, 1.54) is 30.5 Å². The highest BCUT2D eigenvalue weighted by Gasteiger charge is 2.30. The van der Waals surface area contributed by atoms with Crippen molar-refractivity contribution in [3.63, 3.8) is 0 Å². The minimum absolute atomic E-state index is 0.126. The molecule has 3 aromatic rings. The first-order valence-electron chi connectivity index (χ1n) is 9.57. The van der Waals surface area contributed by atoms with Crippen LogP contribution in [0.5, 0.6) is 0 Å². The van der Waals surface area contributed by atoms with Gasteiger partial charge in [0.2, 0.25) is 16.0 Å². The lowest BCUT2D eigenvalue weighted by Crippen LogP contribution is -2.31. The summed E-state index contributed by atoms with van der Waals surface area (Å²) in [7, 11) is 0.0830. The van der Waals surface area contributed by atoms with Crippen molar-refractivity contribution in [3.8, 4) is 11.3 Å². The summed E-state index contributed by atoms with van der Waals surface area (Å²) in [6, 6.07) is 12.3. The van der Waals surface area contributed by atoms with E-state index in [1.54, 1.807) is 18.2 Å². The zero-order chi connectivity index (χ0) is 23.4. The molecule has 0 aliphatic rings. The van der Waals surface area contributed by atoms with Gasteiger partial charge in [-0.3, -0.25) is 0 Å². The van der Waals surface area contributed by atoms with Crippen molar-refractivity contribution in [3.05, 3.63) is 66.4 Å². The van der Waals surface area contributed by atoms with Gasteiger partial charge in [0.25, 0.3) is 0 Å². The van der Waals surface area contributed by atoms with Gasteiger partial charge in [-0.15, -0.1) is 0 Å². The van der Waals surface area contributed by atoms with Crippen LogP contribution in [0.4, 0.5) is 24.8 Å². The van der Waals surface area contributed by atoms with Crippen LogP contribution < -0.4 is 10.0 Å². The maximum atomic E-state index is 12.7. The number of likely N-dealkylation sites (N-methyl/N-ethyl adjacent to an activating group) is 1. The number of anilines is 2. The number of sulfonamides is 1. The number of alkyl halides is 3. The van der Waals surface area contributed by atoms with Crippen molar-refractivity contribution < 1.29 is 21.6 Å². The van der Waals surface area contributed by atoms with Crippen molar-refractivity contribution in [2.75, 3.05) is 32.5 Å². The summed E-state index contributed by atoms with van der Waals surface area (Å²) in [5, 5.41) is 2.96. The fraction of sp³-hybridized carbons (Fsp3) is 0.238. The van der Waals surface area contributed by atoms with Crippen molar-refractivity contribution in [2.45, 2.75) is 11.1 Å². The summed E-state index contributed by atoms with van der Waals surface area (Å²) >= 11 is 0. The zero-order valence-corrected chi connectivity index (χ0v) is 18.2. The lowest BCUT2D eigenvalue weighted by atomic mass is 10.1. The van der Waals surface area contributed by atoms with Gasteiger partial charge in [0.15, 0.2) is 0 Å². The van der Waals surface area contributed by atoms with Crippen LogP contribution in [0.25, 0.3) is 11.3 Å². The topological polar surface area (TPSA) is 87.2 Å². The molecule has 1 aromatic heterocycles. The molecule has 0 fully saturated rings. The molecule has 32 heavy (non-hydrogen) atoms. The van der Waals surface area contributed by atoms with E-state index in [4.69, 9.17) is 0 Å². The van der Waals surface area contributed by atoms with Crippen LogP contribution in [0.15, 0.2) is 65.7 Å². The fourth-order valence-corrected chi connectivity index (χ4v) is 3.76. The van der Waals surface area contributed by atoms with Crippen LogP contribution in [0.3, 0.4) is 0 Å². The van der Waals surface area contributed by atoms with Gasteiger partial charge < -0.3 is 10.2 Å². The molecule has 0 radical (unpaired) electrons. The second kappa shape index (κ2) is 9.63. The molecule has 2 N–H and O–H groups in total. The highest BCUT2D eigenvalue weighted by Crippen LogP contribution is 2.30. The van der Waals surface area contributed by atoms with Gasteiger partial charge in [-0.25, -0.2) is 23.1 Å². The van der Waals surface area contributed by atoms with Crippen molar-refractivity contribution in [1.29, 1.82) is 0 Å². The largest absolute Gasteiger partial charge is 0.416 e. The third kappa shape index (κ3) is 6.25. The fourth-order valence-electron chi connectivity index (χ4n) is 2.74. The molecular formula is C21H22F3N5O2S. The maximum absolute atomic E-state index is 12.7.